The zero-order valence-corrected chi connectivity index (χ0v) is 15.5. The molecule has 0 fully saturated rings. The molecule has 2 aromatic heterocycles. The zero-order valence-electron chi connectivity index (χ0n) is 15.5. The van der Waals surface area contributed by atoms with Crippen LogP contribution in [-0.4, -0.2) is 20.7 Å². The van der Waals surface area contributed by atoms with Crippen LogP contribution in [0.4, 0.5) is 5.69 Å². The number of nitriles is 1. The lowest BCUT2D eigenvalue weighted by Gasteiger charge is -2.11. The molecule has 0 aliphatic rings. The number of carbonyl (C=O) groups is 1. The quantitative estimate of drug-likeness (QED) is 0.592. The Morgan fingerprint density at radius 2 is 1.89 bits per heavy atom. The summed E-state index contributed by atoms with van der Waals surface area (Å²) in [6.45, 7) is 1.91. The van der Waals surface area contributed by atoms with Crippen LogP contribution in [0.3, 0.4) is 0 Å². The van der Waals surface area contributed by atoms with Crippen LogP contribution >= 0.6 is 0 Å². The van der Waals surface area contributed by atoms with Gasteiger partial charge in [-0.05, 0) is 31.2 Å². The Balaban J connectivity index is 1.84. The number of rotatable bonds is 3. The Hall–Kier alpha value is -3.98. The summed E-state index contributed by atoms with van der Waals surface area (Å²) in [5.41, 5.74) is 4.51. The molecule has 2 aromatic carbocycles. The molecular formula is C22H17N5O. The van der Waals surface area contributed by atoms with E-state index in [2.05, 4.69) is 16.5 Å². The second kappa shape index (κ2) is 6.97. The van der Waals surface area contributed by atoms with Crippen LogP contribution in [0.2, 0.25) is 0 Å². The molecule has 0 saturated heterocycles. The fourth-order valence-electron chi connectivity index (χ4n) is 3.23. The van der Waals surface area contributed by atoms with Gasteiger partial charge in [-0.3, -0.25) is 9.48 Å². The first-order valence-corrected chi connectivity index (χ1v) is 8.77. The number of amides is 1. The van der Waals surface area contributed by atoms with Crippen LogP contribution in [0.25, 0.3) is 22.2 Å². The number of hydrogen-bond acceptors (Lipinski definition) is 4. The summed E-state index contributed by atoms with van der Waals surface area (Å²) >= 11 is 0. The minimum Gasteiger partial charge on any atom is -0.321 e. The number of benzene rings is 2. The van der Waals surface area contributed by atoms with Gasteiger partial charge in [0.1, 0.15) is 6.07 Å². The Bertz CT molecular complexity index is 1250. The van der Waals surface area contributed by atoms with Gasteiger partial charge in [-0.15, -0.1) is 0 Å². The summed E-state index contributed by atoms with van der Waals surface area (Å²) in [6.07, 6.45) is 1.89. The fourth-order valence-corrected chi connectivity index (χ4v) is 3.23. The lowest BCUT2D eigenvalue weighted by molar-refractivity contribution is 0.102. The molecule has 0 unspecified atom stereocenters. The summed E-state index contributed by atoms with van der Waals surface area (Å²) in [5, 5.41) is 17.3. The second-order valence-corrected chi connectivity index (χ2v) is 6.49. The average molecular weight is 367 g/mol. The second-order valence-electron chi connectivity index (χ2n) is 6.49. The van der Waals surface area contributed by atoms with Crippen LogP contribution in [-0.2, 0) is 7.05 Å². The number of nitrogens with zero attached hydrogens (tertiary/aromatic N) is 4. The number of pyridine rings is 1. The van der Waals surface area contributed by atoms with Gasteiger partial charge in [0, 0.05) is 24.2 Å². The van der Waals surface area contributed by atoms with Gasteiger partial charge in [-0.2, -0.15) is 10.4 Å². The molecule has 28 heavy (non-hydrogen) atoms. The first-order chi connectivity index (χ1) is 13.6. The van der Waals surface area contributed by atoms with E-state index in [9.17, 15) is 10.1 Å². The van der Waals surface area contributed by atoms with Gasteiger partial charge in [-0.1, -0.05) is 30.3 Å². The normalized spacial score (nSPS) is 10.6. The molecule has 0 aliphatic heterocycles. The number of anilines is 1. The topological polar surface area (TPSA) is 83.6 Å². The highest BCUT2D eigenvalue weighted by Gasteiger charge is 2.17. The third-order valence-corrected chi connectivity index (χ3v) is 4.55. The van der Waals surface area contributed by atoms with Gasteiger partial charge < -0.3 is 5.32 Å². The molecule has 0 radical (unpaired) electrons. The number of para-hydroxylation sites is 2. The molecule has 0 atom stereocenters. The van der Waals surface area contributed by atoms with E-state index in [0.29, 0.717) is 22.5 Å². The molecule has 0 spiro atoms. The van der Waals surface area contributed by atoms with Gasteiger partial charge in [0.2, 0.25) is 0 Å². The van der Waals surface area contributed by atoms with E-state index in [1.165, 1.54) is 0 Å². The highest BCUT2D eigenvalue weighted by molar-refractivity contribution is 6.13. The van der Waals surface area contributed by atoms with Crippen molar-refractivity contribution in [1.29, 1.82) is 5.26 Å². The number of aryl methyl sites for hydroxylation is 2. The minimum absolute atomic E-state index is 0.288. The molecule has 1 N–H and O–H groups in total. The zero-order chi connectivity index (χ0) is 19.7. The molecule has 0 aliphatic carbocycles. The molecule has 6 nitrogen and oxygen atoms in total. The van der Waals surface area contributed by atoms with Crippen LogP contribution < -0.4 is 5.32 Å². The molecule has 1 amide bonds. The SMILES string of the molecule is Cc1nn(C)cc1-c1cc(C(=O)Nc2ccccc2C#N)c2ccccc2n1. The van der Waals surface area contributed by atoms with Crippen molar-refractivity contribution < 1.29 is 4.79 Å². The fraction of sp³-hybridized carbons (Fsp3) is 0.0909. The maximum atomic E-state index is 13.1. The number of aromatic nitrogens is 3. The number of fused-ring (bicyclic) bond motifs is 1. The Labute approximate surface area is 162 Å². The predicted octanol–water partition coefficient (Wildman–Crippen LogP) is 4.07. The van der Waals surface area contributed by atoms with E-state index in [4.69, 9.17) is 4.98 Å². The molecule has 4 rings (SSSR count). The van der Waals surface area contributed by atoms with E-state index in [1.807, 2.05) is 44.4 Å². The summed E-state index contributed by atoms with van der Waals surface area (Å²) < 4.78 is 1.73. The first kappa shape index (κ1) is 17.4. The van der Waals surface area contributed by atoms with Crippen LogP contribution in [0, 0.1) is 18.3 Å². The standard InChI is InChI=1S/C22H17N5O/c1-14-18(13-27(2)26-14)21-11-17(16-8-4-6-10-20(16)24-21)22(28)25-19-9-5-3-7-15(19)12-23/h3-11,13H,1-2H3,(H,25,28). The smallest absolute Gasteiger partial charge is 0.256 e. The number of nitrogens with one attached hydrogen (secondary N) is 1. The molecular weight excluding hydrogens is 350 g/mol. The molecule has 0 saturated carbocycles. The van der Waals surface area contributed by atoms with Gasteiger partial charge in [-0.25, -0.2) is 4.98 Å². The third kappa shape index (κ3) is 3.10. The minimum atomic E-state index is -0.288. The summed E-state index contributed by atoms with van der Waals surface area (Å²) in [4.78, 5) is 17.8. The highest BCUT2D eigenvalue weighted by atomic mass is 16.1. The summed E-state index contributed by atoms with van der Waals surface area (Å²) in [6, 6.07) is 18.3. The number of hydrogen-bond donors (Lipinski definition) is 1. The predicted molar refractivity (Wildman–Crippen MR) is 108 cm³/mol. The molecule has 136 valence electrons. The largest absolute Gasteiger partial charge is 0.321 e. The van der Waals surface area contributed by atoms with E-state index in [-0.39, 0.29) is 5.91 Å². The van der Waals surface area contributed by atoms with Crippen molar-refractivity contribution in [2.24, 2.45) is 7.05 Å². The van der Waals surface area contributed by atoms with Crippen molar-refractivity contribution in [2.45, 2.75) is 6.92 Å². The Morgan fingerprint density at radius 3 is 2.64 bits per heavy atom. The lowest BCUT2D eigenvalue weighted by Crippen LogP contribution is -2.14. The Kier molecular flexibility index (Phi) is 4.34. The molecule has 0 bridgehead atoms. The van der Waals surface area contributed by atoms with Crippen molar-refractivity contribution in [3.05, 3.63) is 77.6 Å². The van der Waals surface area contributed by atoms with Gasteiger partial charge in [0.15, 0.2) is 0 Å². The summed E-state index contributed by atoms with van der Waals surface area (Å²) in [7, 11) is 1.85. The van der Waals surface area contributed by atoms with E-state index >= 15 is 0 Å². The molecule has 6 heteroatoms. The number of carbonyl (C=O) groups excluding carboxylic acids is 1. The molecule has 2 heterocycles. The van der Waals surface area contributed by atoms with Gasteiger partial charge >= 0.3 is 0 Å². The van der Waals surface area contributed by atoms with Crippen LogP contribution in [0.1, 0.15) is 21.6 Å². The van der Waals surface area contributed by atoms with Crippen molar-refractivity contribution >= 4 is 22.5 Å². The Morgan fingerprint density at radius 1 is 1.14 bits per heavy atom. The van der Waals surface area contributed by atoms with E-state index in [1.54, 1.807) is 35.0 Å². The average Bonchev–Trinajstić information content (AvgIpc) is 3.05. The van der Waals surface area contributed by atoms with Crippen molar-refractivity contribution in [1.82, 2.24) is 14.8 Å². The summed E-state index contributed by atoms with van der Waals surface area (Å²) in [5.74, 6) is -0.288. The van der Waals surface area contributed by atoms with Gasteiger partial charge in [0.05, 0.1) is 33.7 Å². The van der Waals surface area contributed by atoms with E-state index < -0.39 is 0 Å². The van der Waals surface area contributed by atoms with Crippen LogP contribution in [0.15, 0.2) is 60.8 Å². The van der Waals surface area contributed by atoms with Crippen molar-refractivity contribution in [3.8, 4) is 17.3 Å². The molecule has 4 aromatic rings. The first-order valence-electron chi connectivity index (χ1n) is 8.77. The maximum absolute atomic E-state index is 13.1. The van der Waals surface area contributed by atoms with E-state index in [0.717, 1.165) is 22.2 Å². The van der Waals surface area contributed by atoms with Crippen molar-refractivity contribution in [3.63, 3.8) is 0 Å². The third-order valence-electron chi connectivity index (χ3n) is 4.55. The maximum Gasteiger partial charge on any atom is 0.256 e. The van der Waals surface area contributed by atoms with Crippen LogP contribution in [0.5, 0.6) is 0 Å². The van der Waals surface area contributed by atoms with Crippen molar-refractivity contribution in [2.75, 3.05) is 5.32 Å². The van der Waals surface area contributed by atoms with Gasteiger partial charge in [0.25, 0.3) is 5.91 Å². The highest BCUT2D eigenvalue weighted by Crippen LogP contribution is 2.27. The lowest BCUT2D eigenvalue weighted by atomic mass is 10.0. The monoisotopic (exact) mass is 367 g/mol.